The lowest BCUT2D eigenvalue weighted by atomic mass is 10.1. The number of hydrogen-bond acceptors (Lipinski definition) is 9. The fourth-order valence-electron chi connectivity index (χ4n) is 1.43. The third kappa shape index (κ3) is 2.59. The molecular weight excluding hydrogens is 247 g/mol. The van der Waals surface area contributed by atoms with Gasteiger partial charge in [-0.1, -0.05) is 0 Å². The van der Waals surface area contributed by atoms with Gasteiger partial charge in [0.15, 0.2) is 0 Å². The molecule has 4 atom stereocenters. The standard InChI is InChI=1S/C6H13O9P/c7-1-3-4(9)5(10)6(2-8,14-3)15-16(11,12)13/h3-5,7-10H,1-2H2,(H2,11,12,13)/p-2/t3-,4-,5+,6+/m1/s1. The second-order valence-electron chi connectivity index (χ2n) is 3.28. The van der Waals surface area contributed by atoms with Gasteiger partial charge in [0, 0.05) is 0 Å². The molecule has 0 aromatic heterocycles. The van der Waals surface area contributed by atoms with E-state index in [9.17, 15) is 24.6 Å². The molecule has 1 heterocycles. The van der Waals surface area contributed by atoms with Crippen LogP contribution in [0.5, 0.6) is 0 Å². The summed E-state index contributed by atoms with van der Waals surface area (Å²) in [5, 5.41) is 36.3. The van der Waals surface area contributed by atoms with Gasteiger partial charge in [-0.3, -0.25) is 0 Å². The van der Waals surface area contributed by atoms with Crippen molar-refractivity contribution in [3.63, 3.8) is 0 Å². The number of ether oxygens (including phenoxy) is 1. The van der Waals surface area contributed by atoms with Crippen LogP contribution in [0, 0.1) is 0 Å². The molecule has 0 radical (unpaired) electrons. The van der Waals surface area contributed by atoms with Gasteiger partial charge in [-0.25, -0.2) is 0 Å². The Morgan fingerprint density at radius 1 is 1.38 bits per heavy atom. The predicted molar refractivity (Wildman–Crippen MR) is 42.5 cm³/mol. The highest BCUT2D eigenvalue weighted by Gasteiger charge is 2.55. The van der Waals surface area contributed by atoms with E-state index in [0.717, 1.165) is 0 Å². The van der Waals surface area contributed by atoms with Crippen molar-refractivity contribution in [1.82, 2.24) is 0 Å². The highest BCUT2D eigenvalue weighted by molar-refractivity contribution is 7.43. The molecule has 4 N–H and O–H groups in total. The molecule has 9 nitrogen and oxygen atoms in total. The van der Waals surface area contributed by atoms with Gasteiger partial charge >= 0.3 is 0 Å². The summed E-state index contributed by atoms with van der Waals surface area (Å²) in [6.07, 6.45) is -5.00. The largest absolute Gasteiger partial charge is 0.790 e. The first-order chi connectivity index (χ1) is 7.25. The zero-order valence-corrected chi connectivity index (χ0v) is 8.82. The minimum atomic E-state index is -5.54. The Morgan fingerprint density at radius 3 is 2.25 bits per heavy atom. The van der Waals surface area contributed by atoms with Crippen molar-refractivity contribution in [3.8, 4) is 0 Å². The van der Waals surface area contributed by atoms with E-state index in [1.165, 1.54) is 0 Å². The highest BCUT2D eigenvalue weighted by atomic mass is 31.2. The molecule has 0 aromatic carbocycles. The first-order valence-electron chi connectivity index (χ1n) is 4.24. The van der Waals surface area contributed by atoms with E-state index in [1.807, 2.05) is 0 Å². The summed E-state index contributed by atoms with van der Waals surface area (Å²) in [7, 11) is -5.54. The fraction of sp³-hybridized carbons (Fsp3) is 1.00. The summed E-state index contributed by atoms with van der Waals surface area (Å²) >= 11 is 0. The smallest absolute Gasteiger partial charge is 0.225 e. The lowest BCUT2D eigenvalue weighted by molar-refractivity contribution is -0.371. The molecule has 1 fully saturated rings. The molecule has 0 aromatic rings. The normalized spacial score (nSPS) is 40.2. The van der Waals surface area contributed by atoms with Crippen molar-refractivity contribution in [2.75, 3.05) is 13.2 Å². The molecule has 1 rings (SSSR count). The number of phosphoric acid groups is 1. The maximum absolute atomic E-state index is 10.4. The topological polar surface area (TPSA) is 163 Å². The molecule has 0 aliphatic carbocycles. The Morgan fingerprint density at radius 2 is 1.94 bits per heavy atom. The average Bonchev–Trinajstić information content (AvgIpc) is 2.41. The molecule has 16 heavy (non-hydrogen) atoms. The molecule has 0 unspecified atom stereocenters. The lowest BCUT2D eigenvalue weighted by Crippen LogP contribution is -2.49. The minimum absolute atomic E-state index is 0.745. The summed E-state index contributed by atoms with van der Waals surface area (Å²) in [5.41, 5.74) is 0. The van der Waals surface area contributed by atoms with Gasteiger partial charge < -0.3 is 44.0 Å². The van der Waals surface area contributed by atoms with E-state index in [4.69, 9.17) is 10.2 Å². The Balaban J connectivity index is 2.93. The van der Waals surface area contributed by atoms with Crippen molar-refractivity contribution in [2.45, 2.75) is 24.1 Å². The maximum atomic E-state index is 10.4. The van der Waals surface area contributed by atoms with E-state index < -0.39 is 45.1 Å². The van der Waals surface area contributed by atoms with Crippen LogP contribution in [0.4, 0.5) is 0 Å². The van der Waals surface area contributed by atoms with Crippen LogP contribution in [-0.4, -0.2) is 57.7 Å². The van der Waals surface area contributed by atoms with E-state index in [2.05, 4.69) is 9.26 Å². The van der Waals surface area contributed by atoms with Gasteiger partial charge in [0.1, 0.15) is 24.9 Å². The van der Waals surface area contributed by atoms with Crippen molar-refractivity contribution in [1.29, 1.82) is 0 Å². The van der Waals surface area contributed by atoms with Crippen LogP contribution in [0.3, 0.4) is 0 Å². The van der Waals surface area contributed by atoms with Crippen molar-refractivity contribution >= 4 is 7.82 Å². The van der Waals surface area contributed by atoms with E-state index in [1.54, 1.807) is 0 Å². The molecule has 96 valence electrons. The lowest BCUT2D eigenvalue weighted by Gasteiger charge is -2.39. The molecule has 0 spiro atoms. The third-order valence-corrected chi connectivity index (χ3v) is 2.71. The molecule has 1 aliphatic rings. The zero-order chi connectivity index (χ0) is 12.6. The average molecular weight is 258 g/mol. The van der Waals surface area contributed by atoms with Crippen LogP contribution in [0.15, 0.2) is 0 Å². The van der Waals surface area contributed by atoms with Crippen LogP contribution in [0.2, 0.25) is 0 Å². The second kappa shape index (κ2) is 4.65. The Bertz CT molecular complexity index is 290. The first-order valence-corrected chi connectivity index (χ1v) is 5.70. The first kappa shape index (κ1) is 14.0. The van der Waals surface area contributed by atoms with Gasteiger partial charge in [0.05, 0.1) is 14.4 Å². The molecule has 0 amide bonds. The number of aliphatic hydroxyl groups excluding tert-OH is 4. The van der Waals surface area contributed by atoms with Crippen LogP contribution >= 0.6 is 7.82 Å². The van der Waals surface area contributed by atoms with Gasteiger partial charge in [-0.2, -0.15) is 0 Å². The highest BCUT2D eigenvalue weighted by Crippen LogP contribution is 2.41. The maximum Gasteiger partial charge on any atom is 0.225 e. The van der Waals surface area contributed by atoms with Crippen LogP contribution in [0.1, 0.15) is 0 Å². The molecule has 0 bridgehead atoms. The molecule has 1 aliphatic heterocycles. The van der Waals surface area contributed by atoms with Crippen molar-refractivity contribution < 1.29 is 44.0 Å². The van der Waals surface area contributed by atoms with Crippen molar-refractivity contribution in [2.24, 2.45) is 0 Å². The number of phosphoric ester groups is 1. The predicted octanol–water partition coefficient (Wildman–Crippen LogP) is -4.37. The summed E-state index contributed by atoms with van der Waals surface area (Å²) in [5.74, 6) is -2.56. The monoisotopic (exact) mass is 258 g/mol. The minimum Gasteiger partial charge on any atom is -0.790 e. The number of rotatable bonds is 4. The van der Waals surface area contributed by atoms with E-state index >= 15 is 0 Å². The number of aliphatic hydroxyl groups is 4. The molecule has 0 saturated carbocycles. The summed E-state index contributed by atoms with van der Waals surface area (Å²) < 4.78 is 19.0. The van der Waals surface area contributed by atoms with Crippen molar-refractivity contribution in [3.05, 3.63) is 0 Å². The summed E-state index contributed by atoms with van der Waals surface area (Å²) in [4.78, 5) is 20.8. The third-order valence-electron chi connectivity index (χ3n) is 2.17. The molecular formula is C6H11O9P-2. The number of hydrogen-bond donors (Lipinski definition) is 4. The summed E-state index contributed by atoms with van der Waals surface area (Å²) in [6.45, 7) is -1.92. The van der Waals surface area contributed by atoms with Gasteiger partial charge in [-0.05, 0) is 0 Å². The van der Waals surface area contributed by atoms with E-state index in [-0.39, 0.29) is 0 Å². The van der Waals surface area contributed by atoms with Gasteiger partial charge in [0.2, 0.25) is 5.79 Å². The van der Waals surface area contributed by atoms with Crippen LogP contribution in [0.25, 0.3) is 0 Å². The molecule has 1 saturated heterocycles. The zero-order valence-electron chi connectivity index (χ0n) is 7.92. The van der Waals surface area contributed by atoms with E-state index in [0.29, 0.717) is 0 Å². The quantitative estimate of drug-likeness (QED) is 0.365. The van der Waals surface area contributed by atoms with Gasteiger partial charge in [-0.15, -0.1) is 0 Å². The fourth-order valence-corrected chi connectivity index (χ4v) is 2.02. The summed E-state index contributed by atoms with van der Waals surface area (Å²) in [6, 6.07) is 0. The SMILES string of the molecule is O=P([O-])([O-])O[C@]1(CO)O[C@H](CO)[C@@H](O)[C@@H]1O. The van der Waals surface area contributed by atoms with Gasteiger partial charge in [0.25, 0.3) is 0 Å². The Kier molecular flexibility index (Phi) is 4.06. The Hall–Kier alpha value is -0.0900. The van der Waals surface area contributed by atoms with Crippen LogP contribution < -0.4 is 9.79 Å². The van der Waals surface area contributed by atoms with Crippen LogP contribution in [-0.2, 0) is 13.8 Å². The Labute approximate surface area is 90.1 Å². The second-order valence-corrected chi connectivity index (χ2v) is 4.36. The molecule has 10 heteroatoms.